The van der Waals surface area contributed by atoms with Crippen LogP contribution in [0.2, 0.25) is 0 Å². The van der Waals surface area contributed by atoms with Crippen molar-refractivity contribution in [2.24, 2.45) is 0 Å². The molecular formula is C61H100O6. The molecule has 0 aromatic heterocycles. The van der Waals surface area contributed by atoms with Crippen LogP contribution in [0.1, 0.15) is 239 Å². The number of esters is 3. The molecule has 0 aromatic rings. The highest BCUT2D eigenvalue weighted by Crippen LogP contribution is 2.13. The van der Waals surface area contributed by atoms with Gasteiger partial charge >= 0.3 is 17.9 Å². The summed E-state index contributed by atoms with van der Waals surface area (Å²) in [5.41, 5.74) is 0. The van der Waals surface area contributed by atoms with Crippen LogP contribution in [0.15, 0.2) is 109 Å². The van der Waals surface area contributed by atoms with E-state index >= 15 is 0 Å². The van der Waals surface area contributed by atoms with Crippen LogP contribution in [0.25, 0.3) is 0 Å². The fraction of sp³-hybridized carbons (Fsp3) is 0.656. The molecule has 67 heavy (non-hydrogen) atoms. The highest BCUT2D eigenvalue weighted by atomic mass is 16.6. The van der Waals surface area contributed by atoms with Gasteiger partial charge in [-0.15, -0.1) is 0 Å². The summed E-state index contributed by atoms with van der Waals surface area (Å²) >= 11 is 0. The average Bonchev–Trinajstić information content (AvgIpc) is 3.33. The van der Waals surface area contributed by atoms with E-state index in [4.69, 9.17) is 14.2 Å². The predicted molar refractivity (Wildman–Crippen MR) is 288 cm³/mol. The summed E-state index contributed by atoms with van der Waals surface area (Å²) in [6.07, 6.45) is 73.7. The molecule has 0 saturated heterocycles. The lowest BCUT2D eigenvalue weighted by Crippen LogP contribution is -2.30. The second-order valence-electron chi connectivity index (χ2n) is 17.7. The van der Waals surface area contributed by atoms with Crippen LogP contribution < -0.4 is 0 Å². The van der Waals surface area contributed by atoms with E-state index < -0.39 is 6.10 Å². The number of hydrogen-bond acceptors (Lipinski definition) is 6. The van der Waals surface area contributed by atoms with Crippen LogP contribution in [-0.4, -0.2) is 37.2 Å². The molecule has 0 amide bonds. The zero-order valence-electron chi connectivity index (χ0n) is 43.4. The molecule has 0 radical (unpaired) electrons. The Kier molecular flexibility index (Phi) is 51.5. The number of carbonyl (C=O) groups excluding carboxylic acids is 3. The number of hydrogen-bond donors (Lipinski definition) is 0. The Hall–Kier alpha value is -3.93. The fourth-order valence-electron chi connectivity index (χ4n) is 7.11. The van der Waals surface area contributed by atoms with Gasteiger partial charge in [0, 0.05) is 19.3 Å². The van der Waals surface area contributed by atoms with E-state index in [0.29, 0.717) is 19.3 Å². The molecule has 6 heteroatoms. The van der Waals surface area contributed by atoms with Gasteiger partial charge in [-0.2, -0.15) is 0 Å². The summed E-state index contributed by atoms with van der Waals surface area (Å²) in [5.74, 6) is -0.996. The van der Waals surface area contributed by atoms with E-state index in [9.17, 15) is 14.4 Å². The number of allylic oxidation sites excluding steroid dienone is 18. The third-order valence-corrected chi connectivity index (χ3v) is 11.2. The van der Waals surface area contributed by atoms with Crippen molar-refractivity contribution in [2.45, 2.75) is 245 Å². The first-order valence-corrected chi connectivity index (χ1v) is 27.4. The highest BCUT2D eigenvalue weighted by Gasteiger charge is 2.19. The van der Waals surface area contributed by atoms with Gasteiger partial charge in [-0.3, -0.25) is 14.4 Å². The lowest BCUT2D eigenvalue weighted by atomic mass is 10.1. The fourth-order valence-corrected chi connectivity index (χ4v) is 7.11. The smallest absolute Gasteiger partial charge is 0.306 e. The first-order chi connectivity index (χ1) is 33.0. The molecule has 0 fully saturated rings. The van der Waals surface area contributed by atoms with Crippen LogP contribution in [0, 0.1) is 0 Å². The molecule has 0 aliphatic heterocycles. The molecule has 0 N–H and O–H groups in total. The van der Waals surface area contributed by atoms with Gasteiger partial charge in [-0.05, 0) is 116 Å². The maximum atomic E-state index is 12.8. The van der Waals surface area contributed by atoms with Crippen molar-refractivity contribution in [3.8, 4) is 0 Å². The maximum absolute atomic E-state index is 12.8. The molecule has 1 unspecified atom stereocenters. The van der Waals surface area contributed by atoms with E-state index in [1.807, 2.05) is 0 Å². The topological polar surface area (TPSA) is 78.9 Å². The summed E-state index contributed by atoms with van der Waals surface area (Å²) in [6.45, 7) is 6.40. The Bertz CT molecular complexity index is 1390. The lowest BCUT2D eigenvalue weighted by molar-refractivity contribution is -0.167. The van der Waals surface area contributed by atoms with E-state index in [1.54, 1.807) is 0 Å². The minimum atomic E-state index is -0.818. The normalized spacial score (nSPS) is 12.9. The molecule has 0 aliphatic carbocycles. The average molecular weight is 929 g/mol. The van der Waals surface area contributed by atoms with Crippen LogP contribution >= 0.6 is 0 Å². The van der Waals surface area contributed by atoms with E-state index in [2.05, 4.69) is 130 Å². The SMILES string of the molecule is CC/C=C\C/C=C\C/C=C\C/C=C\C/C=C\CCCC(=O)OC(COC(=O)CCCCCCC/C=C\CCCC)COC(=O)CCCCCCCC/C=C\C/C=C\C/C=C\CCCCCCC. The third-order valence-electron chi connectivity index (χ3n) is 11.2. The van der Waals surface area contributed by atoms with Crippen molar-refractivity contribution in [3.05, 3.63) is 109 Å². The van der Waals surface area contributed by atoms with E-state index in [1.165, 1.54) is 77.0 Å². The lowest BCUT2D eigenvalue weighted by Gasteiger charge is -2.18. The minimum absolute atomic E-state index is 0.111. The molecule has 0 aliphatic rings. The first-order valence-electron chi connectivity index (χ1n) is 27.4. The van der Waals surface area contributed by atoms with Crippen molar-refractivity contribution in [1.82, 2.24) is 0 Å². The van der Waals surface area contributed by atoms with Gasteiger partial charge in [0.25, 0.3) is 0 Å². The Morgan fingerprint density at radius 3 is 1.01 bits per heavy atom. The quantitative estimate of drug-likeness (QED) is 0.0262. The van der Waals surface area contributed by atoms with Crippen LogP contribution in [0.4, 0.5) is 0 Å². The zero-order chi connectivity index (χ0) is 48.6. The van der Waals surface area contributed by atoms with Crippen molar-refractivity contribution >= 4 is 17.9 Å². The molecule has 0 saturated carbocycles. The molecule has 0 spiro atoms. The van der Waals surface area contributed by atoms with Gasteiger partial charge in [-0.1, -0.05) is 214 Å². The van der Waals surface area contributed by atoms with Crippen LogP contribution in [0.5, 0.6) is 0 Å². The molecule has 0 heterocycles. The second-order valence-corrected chi connectivity index (χ2v) is 17.7. The third kappa shape index (κ3) is 52.9. The summed E-state index contributed by atoms with van der Waals surface area (Å²) in [7, 11) is 0. The standard InChI is InChI=1S/C61H100O6/c1-4-7-10-13-16-19-22-24-26-28-29-30-31-33-34-36-39-42-45-48-51-54-60(63)66-57-58(56-65-59(62)53-50-47-44-41-38-21-18-15-12-9-6-3)67-61(64)55-52-49-46-43-40-37-35-32-27-25-23-20-17-14-11-8-5-2/h8,11,15,17-18,20,22,24-25,27-29,31,33,35,37,43,46,58H,4-7,9-10,12-14,16,19,21,23,26,30,32,34,36,38-42,44-45,47-57H2,1-3H3/b11-8-,18-15-,20-17-,24-22-,27-25-,29-28-,33-31-,37-35-,46-43-. The van der Waals surface area contributed by atoms with Gasteiger partial charge in [0.2, 0.25) is 0 Å². The van der Waals surface area contributed by atoms with Crippen molar-refractivity contribution < 1.29 is 28.6 Å². The zero-order valence-corrected chi connectivity index (χ0v) is 43.4. The highest BCUT2D eigenvalue weighted by molar-refractivity contribution is 5.71. The number of ether oxygens (including phenoxy) is 3. The van der Waals surface area contributed by atoms with Gasteiger partial charge in [0.05, 0.1) is 0 Å². The number of unbranched alkanes of at least 4 members (excludes halogenated alkanes) is 19. The summed E-state index contributed by atoms with van der Waals surface area (Å²) in [4.78, 5) is 38.0. The van der Waals surface area contributed by atoms with Gasteiger partial charge < -0.3 is 14.2 Å². The minimum Gasteiger partial charge on any atom is -0.462 e. The van der Waals surface area contributed by atoms with Crippen molar-refractivity contribution in [3.63, 3.8) is 0 Å². The van der Waals surface area contributed by atoms with Gasteiger partial charge in [-0.25, -0.2) is 0 Å². The molecule has 6 nitrogen and oxygen atoms in total. The summed E-state index contributed by atoms with van der Waals surface area (Å²) in [6, 6.07) is 0. The molecule has 0 aromatic carbocycles. The second kappa shape index (κ2) is 54.7. The molecule has 0 rings (SSSR count). The van der Waals surface area contributed by atoms with Crippen molar-refractivity contribution in [1.29, 1.82) is 0 Å². The van der Waals surface area contributed by atoms with E-state index in [0.717, 1.165) is 116 Å². The molecular weight excluding hydrogens is 829 g/mol. The Labute approximate surface area is 412 Å². The van der Waals surface area contributed by atoms with Crippen molar-refractivity contribution in [2.75, 3.05) is 13.2 Å². The van der Waals surface area contributed by atoms with Crippen LogP contribution in [-0.2, 0) is 28.6 Å². The monoisotopic (exact) mass is 929 g/mol. The number of carbonyl (C=O) groups is 3. The Balaban J connectivity index is 4.47. The van der Waals surface area contributed by atoms with Gasteiger partial charge in [0.1, 0.15) is 13.2 Å². The molecule has 1 atom stereocenters. The summed E-state index contributed by atoms with van der Waals surface area (Å²) < 4.78 is 16.7. The van der Waals surface area contributed by atoms with Gasteiger partial charge in [0.15, 0.2) is 6.10 Å². The molecule has 380 valence electrons. The predicted octanol–water partition coefficient (Wildman–Crippen LogP) is 18.3. The Morgan fingerprint density at radius 2 is 0.612 bits per heavy atom. The largest absolute Gasteiger partial charge is 0.462 e. The number of rotatable bonds is 48. The Morgan fingerprint density at radius 1 is 0.313 bits per heavy atom. The summed E-state index contributed by atoms with van der Waals surface area (Å²) in [5, 5.41) is 0. The maximum Gasteiger partial charge on any atom is 0.306 e. The molecule has 0 bridgehead atoms. The van der Waals surface area contributed by atoms with E-state index in [-0.39, 0.29) is 37.5 Å². The van der Waals surface area contributed by atoms with Crippen LogP contribution in [0.3, 0.4) is 0 Å². The first kappa shape index (κ1) is 63.1.